The minimum absolute atomic E-state index is 0.354. The van der Waals surface area contributed by atoms with E-state index in [4.69, 9.17) is 10.5 Å². The van der Waals surface area contributed by atoms with Crippen LogP contribution in [0.25, 0.3) is 0 Å². The number of rotatable bonds is 2. The molecule has 0 amide bonds. The van der Waals surface area contributed by atoms with E-state index in [-0.39, 0.29) is 0 Å². The first-order chi connectivity index (χ1) is 9.27. The molecule has 1 saturated heterocycles. The monoisotopic (exact) mass is 262 g/mol. The minimum atomic E-state index is 0.354. The van der Waals surface area contributed by atoms with Crippen molar-refractivity contribution in [3.63, 3.8) is 0 Å². The van der Waals surface area contributed by atoms with Crippen molar-refractivity contribution in [3.05, 3.63) is 17.0 Å². The highest BCUT2D eigenvalue weighted by Gasteiger charge is 2.48. The van der Waals surface area contributed by atoms with Crippen molar-refractivity contribution in [3.8, 4) is 0 Å². The summed E-state index contributed by atoms with van der Waals surface area (Å²) in [5.41, 5.74) is 10.5. The van der Waals surface area contributed by atoms with Gasteiger partial charge in [-0.2, -0.15) is 5.10 Å². The molecule has 0 aromatic carbocycles. The molecule has 19 heavy (non-hydrogen) atoms. The molecular weight excluding hydrogens is 240 g/mol. The van der Waals surface area contributed by atoms with Crippen molar-refractivity contribution in [2.24, 2.45) is 11.1 Å². The summed E-state index contributed by atoms with van der Waals surface area (Å²) in [6, 6.07) is 0.354. The zero-order chi connectivity index (χ0) is 12.9. The predicted molar refractivity (Wildman–Crippen MR) is 71.5 cm³/mol. The van der Waals surface area contributed by atoms with Gasteiger partial charge in [-0.1, -0.05) is 6.42 Å². The number of fused-ring (bicyclic) bond motifs is 1. The van der Waals surface area contributed by atoms with Crippen LogP contribution in [0.5, 0.6) is 0 Å². The Hall–Kier alpha value is -0.910. The summed E-state index contributed by atoms with van der Waals surface area (Å²) in [5.74, 6) is 0. The molecule has 0 bridgehead atoms. The summed E-state index contributed by atoms with van der Waals surface area (Å²) in [6.07, 6.45) is 4.94. The van der Waals surface area contributed by atoms with E-state index >= 15 is 0 Å². The van der Waals surface area contributed by atoms with Crippen molar-refractivity contribution in [2.75, 3.05) is 19.7 Å². The molecule has 1 spiro atoms. The van der Waals surface area contributed by atoms with Gasteiger partial charge in [0.05, 0.1) is 18.9 Å². The SMILES string of the molecule is NC1CN(Cc2n[nH]c3c2COCC3)CC12CCC2. The van der Waals surface area contributed by atoms with Crippen molar-refractivity contribution in [1.82, 2.24) is 15.1 Å². The van der Waals surface area contributed by atoms with E-state index in [1.165, 1.54) is 36.2 Å². The van der Waals surface area contributed by atoms with E-state index in [0.29, 0.717) is 18.1 Å². The lowest BCUT2D eigenvalue weighted by atomic mass is 9.66. The predicted octanol–water partition coefficient (Wildman–Crippen LogP) is 0.796. The van der Waals surface area contributed by atoms with Crippen LogP contribution in [0, 0.1) is 5.41 Å². The van der Waals surface area contributed by atoms with Crippen molar-refractivity contribution in [2.45, 2.75) is 44.9 Å². The number of aromatic nitrogens is 2. The molecule has 1 aromatic heterocycles. The van der Waals surface area contributed by atoms with Gasteiger partial charge in [0.2, 0.25) is 0 Å². The standard InChI is InChI=1S/C14H22N4O/c15-13-7-18(9-14(13)3-1-4-14)6-12-10-8-19-5-2-11(10)16-17-12/h13H,1-9,15H2,(H,16,17). The summed E-state index contributed by atoms with van der Waals surface area (Å²) < 4.78 is 5.55. The van der Waals surface area contributed by atoms with Gasteiger partial charge < -0.3 is 10.5 Å². The lowest BCUT2D eigenvalue weighted by molar-refractivity contribution is 0.108. The van der Waals surface area contributed by atoms with E-state index < -0.39 is 0 Å². The molecule has 1 aromatic rings. The van der Waals surface area contributed by atoms with Gasteiger partial charge in [0, 0.05) is 43.4 Å². The van der Waals surface area contributed by atoms with Crippen LogP contribution in [0.3, 0.4) is 0 Å². The summed E-state index contributed by atoms with van der Waals surface area (Å²) in [7, 11) is 0. The fraction of sp³-hybridized carbons (Fsp3) is 0.786. The highest BCUT2D eigenvalue weighted by molar-refractivity contribution is 5.26. The van der Waals surface area contributed by atoms with E-state index in [1.807, 2.05) is 0 Å². The second-order valence-corrected chi connectivity index (χ2v) is 6.42. The zero-order valence-electron chi connectivity index (χ0n) is 11.3. The van der Waals surface area contributed by atoms with Crippen LogP contribution in [0.4, 0.5) is 0 Å². The molecule has 1 atom stereocenters. The number of ether oxygens (including phenoxy) is 1. The molecule has 104 valence electrons. The highest BCUT2D eigenvalue weighted by Crippen LogP contribution is 2.47. The quantitative estimate of drug-likeness (QED) is 0.827. The lowest BCUT2D eigenvalue weighted by Gasteiger charge is -2.41. The summed E-state index contributed by atoms with van der Waals surface area (Å²) in [5, 5.41) is 7.66. The first-order valence-electron chi connectivity index (χ1n) is 7.37. The Morgan fingerprint density at radius 1 is 1.47 bits per heavy atom. The van der Waals surface area contributed by atoms with Crippen LogP contribution in [0.15, 0.2) is 0 Å². The van der Waals surface area contributed by atoms with Crippen molar-refractivity contribution in [1.29, 1.82) is 0 Å². The molecule has 3 heterocycles. The van der Waals surface area contributed by atoms with Gasteiger partial charge in [0.1, 0.15) is 0 Å². The third-order valence-electron chi connectivity index (χ3n) is 5.28. The Bertz CT molecular complexity index is 480. The van der Waals surface area contributed by atoms with Crippen LogP contribution in [-0.2, 0) is 24.3 Å². The van der Waals surface area contributed by atoms with Crippen LogP contribution in [-0.4, -0.2) is 40.8 Å². The lowest BCUT2D eigenvalue weighted by Crippen LogP contribution is -2.45. The first-order valence-corrected chi connectivity index (χ1v) is 7.37. The molecule has 5 heteroatoms. The minimum Gasteiger partial charge on any atom is -0.376 e. The molecule has 5 nitrogen and oxygen atoms in total. The number of aromatic amines is 1. The Kier molecular flexibility index (Phi) is 2.69. The van der Waals surface area contributed by atoms with Crippen LogP contribution < -0.4 is 5.73 Å². The second-order valence-electron chi connectivity index (χ2n) is 6.42. The molecular formula is C14H22N4O. The highest BCUT2D eigenvalue weighted by atomic mass is 16.5. The fourth-order valence-corrected chi connectivity index (χ4v) is 3.89. The average Bonchev–Trinajstić information content (AvgIpc) is 2.91. The molecule has 3 N–H and O–H groups in total. The number of hydrogen-bond donors (Lipinski definition) is 2. The fourth-order valence-electron chi connectivity index (χ4n) is 3.89. The number of nitrogens with two attached hydrogens (primary N) is 1. The molecule has 1 unspecified atom stereocenters. The maximum absolute atomic E-state index is 6.34. The van der Waals surface area contributed by atoms with Gasteiger partial charge in [-0.25, -0.2) is 0 Å². The molecule has 3 aliphatic rings. The van der Waals surface area contributed by atoms with Crippen LogP contribution >= 0.6 is 0 Å². The van der Waals surface area contributed by atoms with E-state index in [1.54, 1.807) is 0 Å². The van der Waals surface area contributed by atoms with Gasteiger partial charge in [-0.15, -0.1) is 0 Å². The maximum atomic E-state index is 6.34. The zero-order valence-corrected chi connectivity index (χ0v) is 11.3. The summed E-state index contributed by atoms with van der Waals surface area (Å²) in [4.78, 5) is 2.48. The van der Waals surface area contributed by atoms with Gasteiger partial charge >= 0.3 is 0 Å². The molecule has 4 rings (SSSR count). The van der Waals surface area contributed by atoms with Crippen molar-refractivity contribution >= 4 is 0 Å². The van der Waals surface area contributed by atoms with Gasteiger partial charge in [0.15, 0.2) is 0 Å². The number of hydrogen-bond acceptors (Lipinski definition) is 4. The third-order valence-corrected chi connectivity index (χ3v) is 5.28. The average molecular weight is 262 g/mol. The van der Waals surface area contributed by atoms with Gasteiger partial charge in [-0.3, -0.25) is 10.00 Å². The molecule has 2 aliphatic heterocycles. The largest absolute Gasteiger partial charge is 0.376 e. The van der Waals surface area contributed by atoms with Crippen LogP contribution in [0.2, 0.25) is 0 Å². The first kappa shape index (κ1) is 11.9. The summed E-state index contributed by atoms with van der Waals surface area (Å²) in [6.45, 7) is 4.61. The van der Waals surface area contributed by atoms with Gasteiger partial charge in [-0.05, 0) is 18.3 Å². The Balaban J connectivity index is 1.49. The third kappa shape index (κ3) is 1.83. The van der Waals surface area contributed by atoms with Crippen LogP contribution in [0.1, 0.15) is 36.2 Å². The normalized spacial score (nSPS) is 29.4. The number of likely N-dealkylation sites (tertiary alicyclic amines) is 1. The second kappa shape index (κ2) is 4.30. The van der Waals surface area contributed by atoms with Gasteiger partial charge in [0.25, 0.3) is 0 Å². The molecule has 1 saturated carbocycles. The molecule has 1 aliphatic carbocycles. The molecule has 2 fully saturated rings. The Morgan fingerprint density at radius 2 is 2.37 bits per heavy atom. The van der Waals surface area contributed by atoms with Crippen molar-refractivity contribution < 1.29 is 4.74 Å². The number of H-pyrrole nitrogens is 1. The smallest absolute Gasteiger partial charge is 0.0820 e. The van der Waals surface area contributed by atoms with E-state index in [2.05, 4.69) is 15.1 Å². The topological polar surface area (TPSA) is 67.2 Å². The van der Waals surface area contributed by atoms with E-state index in [0.717, 1.165) is 32.7 Å². The maximum Gasteiger partial charge on any atom is 0.0820 e. The molecule has 0 radical (unpaired) electrons. The summed E-state index contributed by atoms with van der Waals surface area (Å²) >= 11 is 0. The Morgan fingerprint density at radius 3 is 3.11 bits per heavy atom. The number of nitrogens with zero attached hydrogens (tertiary/aromatic N) is 2. The van der Waals surface area contributed by atoms with E-state index in [9.17, 15) is 0 Å². The number of nitrogens with one attached hydrogen (secondary N) is 1. The Labute approximate surface area is 113 Å².